The van der Waals surface area contributed by atoms with E-state index in [1.54, 1.807) is 39.0 Å². The Labute approximate surface area is 151 Å². The second-order valence-electron chi connectivity index (χ2n) is 6.79. The Hall–Kier alpha value is -1.82. The lowest BCUT2D eigenvalue weighted by Gasteiger charge is -2.24. The van der Waals surface area contributed by atoms with Crippen LogP contribution in [0.4, 0.5) is 4.79 Å². The highest BCUT2D eigenvalue weighted by atomic mass is 32.2. The maximum atomic E-state index is 12.8. The van der Waals surface area contributed by atoms with E-state index in [-0.39, 0.29) is 17.8 Å². The molecular weight excluding hydrogens is 338 g/mol. The van der Waals surface area contributed by atoms with E-state index in [9.17, 15) is 13.2 Å². The van der Waals surface area contributed by atoms with Crippen LogP contribution in [-0.2, 0) is 14.6 Å². The number of hydrogen-bond donors (Lipinski definition) is 1. The van der Waals surface area contributed by atoms with E-state index in [2.05, 4.69) is 11.9 Å². The van der Waals surface area contributed by atoms with Gasteiger partial charge in [-0.25, -0.2) is 13.2 Å². The van der Waals surface area contributed by atoms with Crippen molar-refractivity contribution in [1.82, 2.24) is 5.32 Å². The fraction of sp³-hybridized carbons (Fsp3) is 0.526. The van der Waals surface area contributed by atoms with E-state index >= 15 is 0 Å². The lowest BCUT2D eigenvalue weighted by atomic mass is 10.1. The molecule has 0 aliphatic heterocycles. The van der Waals surface area contributed by atoms with Crippen LogP contribution in [0.15, 0.2) is 30.8 Å². The standard InChI is InChI=1S/C19H29NO4S/c1-7-16-8-10-17(11-9-16)15(6)25(22,23)12-18(13(2)3)20-19(21)24-14(4)5/h7-11,13-15,18H,1,12H2,2-6H3,(H,20,21)/t15-,18+/m0/s1. The number of carbonyl (C=O) groups excluding carboxylic acids is 1. The van der Waals surface area contributed by atoms with Crippen molar-refractivity contribution in [2.24, 2.45) is 5.92 Å². The summed E-state index contributed by atoms with van der Waals surface area (Å²) in [7, 11) is -3.45. The van der Waals surface area contributed by atoms with E-state index in [0.29, 0.717) is 0 Å². The summed E-state index contributed by atoms with van der Waals surface area (Å²) in [5, 5.41) is 2.02. The number of rotatable bonds is 8. The first-order chi connectivity index (χ1) is 11.6. The number of sulfone groups is 1. The number of alkyl carbamates (subject to hydrolysis) is 1. The summed E-state index contributed by atoms with van der Waals surface area (Å²) in [6, 6.07) is 6.76. The molecule has 1 aromatic carbocycles. The minimum Gasteiger partial charge on any atom is -0.447 e. The summed E-state index contributed by atoms with van der Waals surface area (Å²) in [6.07, 6.45) is 0.862. The molecule has 0 heterocycles. The average Bonchev–Trinajstić information content (AvgIpc) is 2.52. The van der Waals surface area contributed by atoms with Gasteiger partial charge in [0.1, 0.15) is 0 Å². The molecule has 25 heavy (non-hydrogen) atoms. The molecule has 140 valence electrons. The van der Waals surface area contributed by atoms with Crippen molar-refractivity contribution < 1.29 is 17.9 Å². The van der Waals surface area contributed by atoms with Crippen LogP contribution < -0.4 is 5.32 Å². The van der Waals surface area contributed by atoms with Crippen molar-refractivity contribution >= 4 is 22.0 Å². The van der Waals surface area contributed by atoms with Crippen molar-refractivity contribution in [2.45, 2.75) is 52.0 Å². The molecule has 0 aliphatic rings. The van der Waals surface area contributed by atoms with Gasteiger partial charge in [0, 0.05) is 6.04 Å². The lowest BCUT2D eigenvalue weighted by Crippen LogP contribution is -2.44. The minimum absolute atomic E-state index is 0.0372. The van der Waals surface area contributed by atoms with Crippen LogP contribution in [0.2, 0.25) is 0 Å². The molecule has 1 N–H and O–H groups in total. The fourth-order valence-corrected chi connectivity index (χ4v) is 4.13. The van der Waals surface area contributed by atoms with Crippen LogP contribution in [0.5, 0.6) is 0 Å². The third-order valence-electron chi connectivity index (χ3n) is 4.04. The molecule has 1 rings (SSSR count). The molecule has 1 aromatic rings. The van der Waals surface area contributed by atoms with Gasteiger partial charge in [-0.05, 0) is 37.8 Å². The van der Waals surface area contributed by atoms with Crippen LogP contribution in [0, 0.1) is 5.92 Å². The Balaban J connectivity index is 2.89. The van der Waals surface area contributed by atoms with Gasteiger partial charge in [0.2, 0.25) is 0 Å². The molecule has 1 amide bonds. The Morgan fingerprint density at radius 2 is 1.72 bits per heavy atom. The first-order valence-corrected chi connectivity index (χ1v) is 10.2. The Morgan fingerprint density at radius 1 is 1.16 bits per heavy atom. The van der Waals surface area contributed by atoms with Crippen molar-refractivity contribution in [2.75, 3.05) is 5.75 Å². The van der Waals surface area contributed by atoms with Gasteiger partial charge in [-0.15, -0.1) is 0 Å². The summed E-state index contributed by atoms with van der Waals surface area (Å²) >= 11 is 0. The lowest BCUT2D eigenvalue weighted by molar-refractivity contribution is 0.111. The van der Waals surface area contributed by atoms with Crippen molar-refractivity contribution in [3.8, 4) is 0 Å². The summed E-state index contributed by atoms with van der Waals surface area (Å²) in [6.45, 7) is 12.6. The van der Waals surface area contributed by atoms with E-state index in [1.807, 2.05) is 26.0 Å². The molecule has 0 unspecified atom stereocenters. The predicted molar refractivity (Wildman–Crippen MR) is 102 cm³/mol. The van der Waals surface area contributed by atoms with Gasteiger partial charge in [0.25, 0.3) is 0 Å². The number of nitrogens with one attached hydrogen (secondary N) is 1. The molecule has 0 aliphatic carbocycles. The maximum absolute atomic E-state index is 12.8. The molecule has 0 aromatic heterocycles. The van der Waals surface area contributed by atoms with Crippen molar-refractivity contribution in [3.63, 3.8) is 0 Å². The molecular formula is C19H29NO4S. The molecule has 0 saturated carbocycles. The largest absolute Gasteiger partial charge is 0.447 e. The Kier molecular flexibility index (Phi) is 7.67. The van der Waals surface area contributed by atoms with Crippen LogP contribution in [-0.4, -0.2) is 32.4 Å². The zero-order valence-corrected chi connectivity index (χ0v) is 16.5. The zero-order chi connectivity index (χ0) is 19.2. The molecule has 0 spiro atoms. The highest BCUT2D eigenvalue weighted by molar-refractivity contribution is 7.91. The molecule has 0 fully saturated rings. The molecule has 0 bridgehead atoms. The number of carbonyl (C=O) groups is 1. The van der Waals surface area contributed by atoms with Gasteiger partial charge < -0.3 is 10.1 Å². The van der Waals surface area contributed by atoms with Crippen LogP contribution >= 0.6 is 0 Å². The summed E-state index contributed by atoms with van der Waals surface area (Å²) in [4.78, 5) is 11.8. The average molecular weight is 368 g/mol. The molecule has 2 atom stereocenters. The summed E-state index contributed by atoms with van der Waals surface area (Å²) in [5.41, 5.74) is 1.66. The second-order valence-corrected chi connectivity index (χ2v) is 9.16. The van der Waals surface area contributed by atoms with Gasteiger partial charge in [0.15, 0.2) is 9.84 Å². The van der Waals surface area contributed by atoms with E-state index in [0.717, 1.165) is 11.1 Å². The van der Waals surface area contributed by atoms with Gasteiger partial charge in [-0.3, -0.25) is 0 Å². The number of benzene rings is 1. The van der Waals surface area contributed by atoms with Crippen LogP contribution in [0.3, 0.4) is 0 Å². The Morgan fingerprint density at radius 3 is 2.16 bits per heavy atom. The monoisotopic (exact) mass is 367 g/mol. The third-order valence-corrected chi connectivity index (χ3v) is 6.22. The maximum Gasteiger partial charge on any atom is 0.407 e. The van der Waals surface area contributed by atoms with Gasteiger partial charge in [0.05, 0.1) is 17.1 Å². The topological polar surface area (TPSA) is 72.5 Å². The molecule has 5 nitrogen and oxygen atoms in total. The summed E-state index contributed by atoms with van der Waals surface area (Å²) in [5.74, 6) is -0.174. The number of ether oxygens (including phenoxy) is 1. The first kappa shape index (κ1) is 21.2. The second kappa shape index (κ2) is 9.04. The van der Waals surface area contributed by atoms with Crippen LogP contribution in [0.1, 0.15) is 51.0 Å². The fourth-order valence-electron chi connectivity index (χ4n) is 2.31. The van der Waals surface area contributed by atoms with Gasteiger partial charge >= 0.3 is 6.09 Å². The normalized spacial score (nSPS) is 14.2. The predicted octanol–water partition coefficient (Wildman–Crippen LogP) is 3.96. The van der Waals surface area contributed by atoms with E-state index < -0.39 is 27.2 Å². The first-order valence-electron chi connectivity index (χ1n) is 8.48. The number of amides is 1. The van der Waals surface area contributed by atoms with Gasteiger partial charge in [-0.1, -0.05) is 50.8 Å². The smallest absolute Gasteiger partial charge is 0.407 e. The molecule has 6 heteroatoms. The SMILES string of the molecule is C=Cc1ccc([C@H](C)S(=O)(=O)C[C@@H](NC(=O)OC(C)C)C(C)C)cc1. The van der Waals surface area contributed by atoms with Crippen LogP contribution in [0.25, 0.3) is 6.08 Å². The van der Waals surface area contributed by atoms with Crippen molar-refractivity contribution in [3.05, 3.63) is 42.0 Å². The highest BCUT2D eigenvalue weighted by Crippen LogP contribution is 2.24. The quantitative estimate of drug-likeness (QED) is 0.755. The third kappa shape index (κ3) is 6.53. The molecule has 0 saturated heterocycles. The number of hydrogen-bond acceptors (Lipinski definition) is 4. The zero-order valence-electron chi connectivity index (χ0n) is 15.7. The van der Waals surface area contributed by atoms with Gasteiger partial charge in [-0.2, -0.15) is 0 Å². The van der Waals surface area contributed by atoms with Crippen molar-refractivity contribution in [1.29, 1.82) is 0 Å². The van der Waals surface area contributed by atoms with E-state index in [1.165, 1.54) is 0 Å². The van der Waals surface area contributed by atoms with E-state index in [4.69, 9.17) is 4.74 Å². The molecule has 0 radical (unpaired) electrons. The highest BCUT2D eigenvalue weighted by Gasteiger charge is 2.29. The Bertz CT molecular complexity index is 678. The minimum atomic E-state index is -3.45. The summed E-state index contributed by atoms with van der Waals surface area (Å²) < 4.78 is 30.6.